The Kier molecular flexibility index (Phi) is 10.1. The summed E-state index contributed by atoms with van der Waals surface area (Å²) in [6.45, 7) is 0. The average Bonchev–Trinajstić information content (AvgIpc) is 2.03. The van der Waals surface area contributed by atoms with Crippen molar-refractivity contribution in [2.24, 2.45) is 0 Å². The number of allylic oxidation sites excluding steroid dienone is 4. The molecule has 0 N–H and O–H groups in total. The Hall–Kier alpha value is 0.0600. The smallest absolute Gasteiger partial charge is 0.0404 e. The van der Waals surface area contributed by atoms with E-state index in [9.17, 15) is 0 Å². The molecule has 0 rings (SSSR count). The van der Waals surface area contributed by atoms with E-state index in [0.29, 0.717) is 11.8 Å². The van der Waals surface area contributed by atoms with Gasteiger partial charge >= 0.3 is 0 Å². The van der Waals surface area contributed by atoms with E-state index in [1.165, 1.54) is 6.42 Å². The maximum Gasteiger partial charge on any atom is 0.0404 e. The van der Waals surface area contributed by atoms with E-state index in [4.69, 9.17) is 23.2 Å². The summed E-state index contributed by atoms with van der Waals surface area (Å²) >= 11 is 10.9. The number of halogens is 2. The van der Waals surface area contributed by atoms with E-state index in [0.717, 1.165) is 12.8 Å². The van der Waals surface area contributed by atoms with Gasteiger partial charge in [0.25, 0.3) is 0 Å². The molecule has 0 aliphatic heterocycles. The molecule has 0 nitrogen and oxygen atoms in total. The van der Waals surface area contributed by atoms with Gasteiger partial charge in [0.15, 0.2) is 0 Å². The first kappa shape index (κ1) is 11.1. The van der Waals surface area contributed by atoms with Crippen LogP contribution >= 0.6 is 23.2 Å². The third-order valence-corrected chi connectivity index (χ3v) is 1.61. The van der Waals surface area contributed by atoms with Gasteiger partial charge in [0.1, 0.15) is 0 Å². The lowest BCUT2D eigenvalue weighted by molar-refractivity contribution is 0.866. The lowest BCUT2D eigenvalue weighted by Gasteiger charge is -1.88. The number of unbranched alkanes of at least 4 members (excludes halogenated alkanes) is 2. The zero-order valence-corrected chi connectivity index (χ0v) is 8.11. The third-order valence-electron chi connectivity index (χ3n) is 1.25. The van der Waals surface area contributed by atoms with Crippen molar-refractivity contribution in [1.82, 2.24) is 0 Å². The molecule has 0 spiro atoms. The summed E-state index contributed by atoms with van der Waals surface area (Å²) in [7, 11) is 0. The van der Waals surface area contributed by atoms with E-state index in [1.54, 1.807) is 0 Å². The van der Waals surface area contributed by atoms with Crippen molar-refractivity contribution >= 4 is 23.2 Å². The zero-order chi connectivity index (χ0) is 8.36. The van der Waals surface area contributed by atoms with Gasteiger partial charge in [-0.25, -0.2) is 0 Å². The molecule has 0 unspecified atom stereocenters. The van der Waals surface area contributed by atoms with Crippen LogP contribution in [-0.2, 0) is 0 Å². The van der Waals surface area contributed by atoms with Gasteiger partial charge in [0.2, 0.25) is 0 Å². The normalized spacial score (nSPS) is 11.8. The van der Waals surface area contributed by atoms with Gasteiger partial charge in [-0.1, -0.05) is 24.3 Å². The van der Waals surface area contributed by atoms with Crippen molar-refractivity contribution in [3.05, 3.63) is 24.3 Å². The molecule has 0 saturated heterocycles. The van der Waals surface area contributed by atoms with E-state index in [-0.39, 0.29) is 0 Å². The molecule has 0 aromatic carbocycles. The first-order valence-electron chi connectivity index (χ1n) is 3.83. The summed E-state index contributed by atoms with van der Waals surface area (Å²) < 4.78 is 0. The van der Waals surface area contributed by atoms with Gasteiger partial charge < -0.3 is 0 Å². The number of rotatable bonds is 6. The summed E-state index contributed by atoms with van der Waals surface area (Å²) in [6.07, 6.45) is 11.6. The fourth-order valence-electron chi connectivity index (χ4n) is 0.715. The molecule has 0 saturated carbocycles. The quantitative estimate of drug-likeness (QED) is 0.342. The van der Waals surface area contributed by atoms with E-state index in [2.05, 4.69) is 12.2 Å². The van der Waals surface area contributed by atoms with Gasteiger partial charge in [0.05, 0.1) is 0 Å². The van der Waals surface area contributed by atoms with Gasteiger partial charge in [-0.3, -0.25) is 0 Å². The van der Waals surface area contributed by atoms with Crippen LogP contribution in [0.1, 0.15) is 19.3 Å². The Bertz CT molecular complexity index is 103. The van der Waals surface area contributed by atoms with Crippen LogP contribution in [0, 0.1) is 0 Å². The van der Waals surface area contributed by atoms with Crippen LogP contribution < -0.4 is 0 Å². The molecule has 0 radical (unpaired) electrons. The second-order valence-electron chi connectivity index (χ2n) is 2.18. The highest BCUT2D eigenvalue weighted by Crippen LogP contribution is 1.98. The molecule has 0 bridgehead atoms. The van der Waals surface area contributed by atoms with E-state index >= 15 is 0 Å². The van der Waals surface area contributed by atoms with Crippen molar-refractivity contribution in [2.75, 3.05) is 11.8 Å². The number of alkyl halides is 2. The summed E-state index contributed by atoms with van der Waals surface area (Å²) in [6, 6.07) is 0. The minimum absolute atomic E-state index is 0.623. The number of hydrogen-bond acceptors (Lipinski definition) is 0. The van der Waals surface area contributed by atoms with Gasteiger partial charge in [-0.05, 0) is 19.3 Å². The Morgan fingerprint density at radius 3 is 1.55 bits per heavy atom. The Balaban J connectivity index is 3.02. The molecule has 0 heterocycles. The van der Waals surface area contributed by atoms with Gasteiger partial charge in [-0.15, -0.1) is 23.2 Å². The largest absolute Gasteiger partial charge is 0.122 e. The average molecular weight is 193 g/mol. The van der Waals surface area contributed by atoms with Crippen LogP contribution in [0.2, 0.25) is 0 Å². The summed E-state index contributed by atoms with van der Waals surface area (Å²) in [5.74, 6) is 1.25. The van der Waals surface area contributed by atoms with Crippen molar-refractivity contribution in [1.29, 1.82) is 0 Å². The Labute approximate surface area is 78.9 Å². The first-order valence-corrected chi connectivity index (χ1v) is 4.90. The van der Waals surface area contributed by atoms with Gasteiger partial charge in [0, 0.05) is 11.8 Å². The van der Waals surface area contributed by atoms with Crippen molar-refractivity contribution in [2.45, 2.75) is 19.3 Å². The topological polar surface area (TPSA) is 0 Å². The van der Waals surface area contributed by atoms with Gasteiger partial charge in [-0.2, -0.15) is 0 Å². The monoisotopic (exact) mass is 192 g/mol. The van der Waals surface area contributed by atoms with E-state index in [1.807, 2.05) is 12.2 Å². The van der Waals surface area contributed by atoms with Crippen LogP contribution in [0.25, 0.3) is 0 Å². The van der Waals surface area contributed by atoms with Crippen molar-refractivity contribution < 1.29 is 0 Å². The molecule has 0 aliphatic rings. The second kappa shape index (κ2) is 10.1. The lowest BCUT2D eigenvalue weighted by atomic mass is 10.2. The lowest BCUT2D eigenvalue weighted by Crippen LogP contribution is -1.70. The van der Waals surface area contributed by atoms with Crippen LogP contribution in [0.15, 0.2) is 24.3 Å². The summed E-state index contributed by atoms with van der Waals surface area (Å²) in [5, 5.41) is 0. The Morgan fingerprint density at radius 1 is 0.727 bits per heavy atom. The Morgan fingerprint density at radius 2 is 1.18 bits per heavy atom. The molecule has 0 aliphatic carbocycles. The van der Waals surface area contributed by atoms with Crippen molar-refractivity contribution in [3.63, 3.8) is 0 Å². The van der Waals surface area contributed by atoms with Crippen LogP contribution in [0.3, 0.4) is 0 Å². The molecule has 0 aromatic rings. The maximum atomic E-state index is 5.45. The molecule has 0 aromatic heterocycles. The predicted octanol–water partition coefficient (Wildman–Crippen LogP) is 3.75. The SMILES string of the molecule is ClCC=CCCCC=CCCl. The fraction of sp³-hybridized carbons (Fsp3) is 0.556. The molecule has 11 heavy (non-hydrogen) atoms. The highest BCUT2D eigenvalue weighted by atomic mass is 35.5. The molecule has 0 atom stereocenters. The third kappa shape index (κ3) is 10.1. The predicted molar refractivity (Wildman–Crippen MR) is 53.6 cm³/mol. The minimum Gasteiger partial charge on any atom is -0.122 e. The minimum atomic E-state index is 0.623. The molecule has 64 valence electrons. The molecule has 0 fully saturated rings. The van der Waals surface area contributed by atoms with Crippen LogP contribution in [0.4, 0.5) is 0 Å². The molecular formula is C9H14Cl2. The van der Waals surface area contributed by atoms with Crippen LogP contribution in [0.5, 0.6) is 0 Å². The zero-order valence-electron chi connectivity index (χ0n) is 6.60. The van der Waals surface area contributed by atoms with Crippen molar-refractivity contribution in [3.8, 4) is 0 Å². The second-order valence-corrected chi connectivity index (χ2v) is 2.80. The highest BCUT2D eigenvalue weighted by molar-refractivity contribution is 6.19. The first-order chi connectivity index (χ1) is 5.41. The molecular weight excluding hydrogens is 179 g/mol. The summed E-state index contributed by atoms with van der Waals surface area (Å²) in [5.41, 5.74) is 0. The summed E-state index contributed by atoms with van der Waals surface area (Å²) in [4.78, 5) is 0. The molecule has 2 heteroatoms. The standard InChI is InChI=1S/C9H14Cl2/c10-8-6-4-2-1-3-5-7-9-11/h4-7H,1-3,8-9H2. The highest BCUT2D eigenvalue weighted by Gasteiger charge is 1.79. The van der Waals surface area contributed by atoms with Crippen LogP contribution in [-0.4, -0.2) is 11.8 Å². The number of hydrogen-bond donors (Lipinski definition) is 0. The molecule has 0 amide bonds. The maximum absolute atomic E-state index is 5.45. The fourth-order valence-corrected chi connectivity index (χ4v) is 0.967. The van der Waals surface area contributed by atoms with E-state index < -0.39 is 0 Å².